The van der Waals surface area contributed by atoms with Crippen LogP contribution in [0, 0.1) is 11.6 Å². The molecule has 1 N–H and O–H groups in total. The van der Waals surface area contributed by atoms with Crippen molar-refractivity contribution in [3.63, 3.8) is 0 Å². The minimum atomic E-state index is -0.740. The molecule has 1 aliphatic rings. The number of nitrogens with zero attached hydrogens (tertiary/aromatic N) is 1. The summed E-state index contributed by atoms with van der Waals surface area (Å²) in [5.41, 5.74) is 1.81. The Morgan fingerprint density at radius 1 is 1.23 bits per heavy atom. The monoisotopic (exact) mass is 358 g/mol. The highest BCUT2D eigenvalue weighted by molar-refractivity contribution is 5.92. The summed E-state index contributed by atoms with van der Waals surface area (Å²) in [5.74, 6) is -1.85. The van der Waals surface area contributed by atoms with Gasteiger partial charge in [0, 0.05) is 24.7 Å². The first-order valence-electron chi connectivity index (χ1n) is 8.60. The minimum Gasteiger partial charge on any atom is -0.350 e. The standard InChI is InChI=1S/C20H20F2N2O2/c1-2-9-24-18(25)10-13-5-3-4-6-16(13)19(24)20(26)23-12-14-7-8-15(21)11-17(14)22/h3-8,11,19H,2,9-10,12H2,1H3,(H,23,26)/t19-/m1/s1. The fourth-order valence-electron chi connectivity index (χ4n) is 3.26. The highest BCUT2D eigenvalue weighted by Crippen LogP contribution is 2.30. The molecule has 0 aliphatic carbocycles. The van der Waals surface area contributed by atoms with E-state index < -0.39 is 17.7 Å². The highest BCUT2D eigenvalue weighted by atomic mass is 19.1. The molecular formula is C20H20F2N2O2. The first-order chi connectivity index (χ1) is 12.5. The van der Waals surface area contributed by atoms with Crippen molar-refractivity contribution < 1.29 is 18.4 Å². The molecule has 0 spiro atoms. The number of amides is 2. The van der Waals surface area contributed by atoms with Crippen LogP contribution < -0.4 is 5.32 Å². The highest BCUT2D eigenvalue weighted by Gasteiger charge is 2.36. The van der Waals surface area contributed by atoms with E-state index in [1.54, 1.807) is 4.90 Å². The molecule has 0 radical (unpaired) electrons. The summed E-state index contributed by atoms with van der Waals surface area (Å²) >= 11 is 0. The van der Waals surface area contributed by atoms with Gasteiger partial charge in [-0.15, -0.1) is 0 Å². The number of carbonyl (C=O) groups excluding carboxylic acids is 2. The smallest absolute Gasteiger partial charge is 0.247 e. The molecule has 4 nitrogen and oxygen atoms in total. The molecule has 1 atom stereocenters. The van der Waals surface area contributed by atoms with E-state index in [1.807, 2.05) is 31.2 Å². The van der Waals surface area contributed by atoms with E-state index in [0.29, 0.717) is 6.54 Å². The van der Waals surface area contributed by atoms with Crippen molar-refractivity contribution in [1.82, 2.24) is 10.2 Å². The van der Waals surface area contributed by atoms with Crippen LogP contribution in [0.1, 0.15) is 36.1 Å². The predicted molar refractivity (Wildman–Crippen MR) is 93.1 cm³/mol. The van der Waals surface area contributed by atoms with E-state index in [-0.39, 0.29) is 30.3 Å². The molecule has 2 aromatic rings. The Balaban J connectivity index is 1.84. The second-order valence-electron chi connectivity index (χ2n) is 6.32. The van der Waals surface area contributed by atoms with E-state index in [1.165, 1.54) is 6.07 Å². The maximum absolute atomic E-state index is 13.8. The van der Waals surface area contributed by atoms with E-state index in [9.17, 15) is 18.4 Å². The molecular weight excluding hydrogens is 338 g/mol. The molecule has 1 aliphatic heterocycles. The molecule has 2 amide bonds. The van der Waals surface area contributed by atoms with Crippen molar-refractivity contribution in [3.8, 4) is 0 Å². The molecule has 6 heteroatoms. The number of hydrogen-bond acceptors (Lipinski definition) is 2. The lowest BCUT2D eigenvalue weighted by atomic mass is 9.91. The maximum atomic E-state index is 13.8. The van der Waals surface area contributed by atoms with Gasteiger partial charge in [-0.3, -0.25) is 9.59 Å². The zero-order chi connectivity index (χ0) is 18.7. The van der Waals surface area contributed by atoms with E-state index in [2.05, 4.69) is 5.32 Å². The van der Waals surface area contributed by atoms with Gasteiger partial charge in [0.15, 0.2) is 0 Å². The summed E-state index contributed by atoms with van der Waals surface area (Å²) in [6, 6.07) is 9.84. The van der Waals surface area contributed by atoms with Gasteiger partial charge in [0.2, 0.25) is 11.8 Å². The Morgan fingerprint density at radius 3 is 2.73 bits per heavy atom. The van der Waals surface area contributed by atoms with Crippen molar-refractivity contribution in [1.29, 1.82) is 0 Å². The quantitative estimate of drug-likeness (QED) is 0.893. The summed E-state index contributed by atoms with van der Waals surface area (Å²) in [4.78, 5) is 26.9. The van der Waals surface area contributed by atoms with Crippen LogP contribution in [0.5, 0.6) is 0 Å². The fourth-order valence-corrected chi connectivity index (χ4v) is 3.26. The first kappa shape index (κ1) is 18.0. The predicted octanol–water partition coefficient (Wildman–Crippen LogP) is 3.12. The largest absolute Gasteiger partial charge is 0.350 e. The third kappa shape index (κ3) is 3.59. The van der Waals surface area contributed by atoms with E-state index in [0.717, 1.165) is 29.7 Å². The van der Waals surface area contributed by atoms with E-state index in [4.69, 9.17) is 0 Å². The van der Waals surface area contributed by atoms with Crippen LogP contribution in [0.2, 0.25) is 0 Å². The molecule has 136 valence electrons. The van der Waals surface area contributed by atoms with Gasteiger partial charge in [-0.25, -0.2) is 8.78 Å². The van der Waals surface area contributed by atoms with E-state index >= 15 is 0 Å². The Labute approximate surface area is 150 Å². The Hall–Kier alpha value is -2.76. The topological polar surface area (TPSA) is 49.4 Å². The number of hydrogen-bond donors (Lipinski definition) is 1. The summed E-state index contributed by atoms with van der Waals surface area (Å²) in [5, 5.41) is 2.68. The van der Waals surface area contributed by atoms with Crippen LogP contribution in [-0.2, 0) is 22.6 Å². The van der Waals surface area contributed by atoms with Crippen molar-refractivity contribution in [3.05, 3.63) is 70.8 Å². The number of nitrogens with one attached hydrogen (secondary N) is 1. The molecule has 3 rings (SSSR count). The van der Waals surface area contributed by atoms with Crippen LogP contribution in [0.3, 0.4) is 0 Å². The average Bonchev–Trinajstić information content (AvgIpc) is 2.61. The van der Waals surface area contributed by atoms with Gasteiger partial charge in [0.1, 0.15) is 17.7 Å². The van der Waals surface area contributed by atoms with Crippen molar-refractivity contribution in [2.24, 2.45) is 0 Å². The molecule has 26 heavy (non-hydrogen) atoms. The maximum Gasteiger partial charge on any atom is 0.247 e. The lowest BCUT2D eigenvalue weighted by Crippen LogP contribution is -2.47. The van der Waals surface area contributed by atoms with Crippen molar-refractivity contribution in [2.75, 3.05) is 6.54 Å². The number of fused-ring (bicyclic) bond motifs is 1. The van der Waals surface area contributed by atoms with Crippen LogP contribution in [-0.4, -0.2) is 23.3 Å². The second-order valence-corrected chi connectivity index (χ2v) is 6.32. The summed E-state index contributed by atoms with van der Waals surface area (Å²) in [6.07, 6.45) is 0.997. The van der Waals surface area contributed by atoms with Gasteiger partial charge in [0.05, 0.1) is 6.42 Å². The average molecular weight is 358 g/mol. The number of halogens is 2. The number of rotatable bonds is 5. The van der Waals surface area contributed by atoms with Gasteiger partial charge in [-0.1, -0.05) is 37.3 Å². The third-order valence-corrected chi connectivity index (χ3v) is 4.50. The molecule has 0 bridgehead atoms. The summed E-state index contributed by atoms with van der Waals surface area (Å²) in [7, 11) is 0. The van der Waals surface area contributed by atoms with Crippen LogP contribution >= 0.6 is 0 Å². The molecule has 2 aromatic carbocycles. The Morgan fingerprint density at radius 2 is 2.00 bits per heavy atom. The molecule has 0 fully saturated rings. The van der Waals surface area contributed by atoms with Gasteiger partial charge >= 0.3 is 0 Å². The van der Waals surface area contributed by atoms with Crippen molar-refractivity contribution >= 4 is 11.8 Å². The van der Waals surface area contributed by atoms with Gasteiger partial charge in [-0.05, 0) is 23.6 Å². The van der Waals surface area contributed by atoms with Gasteiger partial charge in [-0.2, -0.15) is 0 Å². The third-order valence-electron chi connectivity index (χ3n) is 4.50. The lowest BCUT2D eigenvalue weighted by molar-refractivity contribution is -0.141. The lowest BCUT2D eigenvalue weighted by Gasteiger charge is -2.36. The summed E-state index contributed by atoms with van der Waals surface area (Å²) < 4.78 is 26.8. The molecule has 0 saturated carbocycles. The van der Waals surface area contributed by atoms with Crippen molar-refractivity contribution in [2.45, 2.75) is 32.4 Å². The molecule has 0 unspecified atom stereocenters. The SMILES string of the molecule is CCCN1C(=O)Cc2ccccc2[C@@H]1C(=O)NCc1ccc(F)cc1F. The Kier molecular flexibility index (Phi) is 5.30. The molecule has 0 saturated heterocycles. The zero-order valence-corrected chi connectivity index (χ0v) is 14.5. The van der Waals surface area contributed by atoms with Crippen LogP contribution in [0.15, 0.2) is 42.5 Å². The fraction of sp³-hybridized carbons (Fsp3) is 0.300. The zero-order valence-electron chi connectivity index (χ0n) is 14.5. The first-order valence-corrected chi connectivity index (χ1v) is 8.60. The van der Waals surface area contributed by atoms with Gasteiger partial charge < -0.3 is 10.2 Å². The van der Waals surface area contributed by atoms with Gasteiger partial charge in [0.25, 0.3) is 0 Å². The Bertz CT molecular complexity index is 838. The molecule has 0 aromatic heterocycles. The summed E-state index contributed by atoms with van der Waals surface area (Å²) in [6.45, 7) is 2.34. The second kappa shape index (κ2) is 7.64. The number of carbonyl (C=O) groups is 2. The molecule has 1 heterocycles. The normalized spacial score (nSPS) is 16.3. The minimum absolute atomic E-state index is 0.0717. The van der Waals surface area contributed by atoms with Crippen LogP contribution in [0.4, 0.5) is 8.78 Å². The van der Waals surface area contributed by atoms with Crippen LogP contribution in [0.25, 0.3) is 0 Å². The number of benzene rings is 2.